The first-order chi connectivity index (χ1) is 8.76. The minimum atomic E-state index is 0.348. The van der Waals surface area contributed by atoms with E-state index in [-0.39, 0.29) is 0 Å². The van der Waals surface area contributed by atoms with Crippen LogP contribution in [-0.2, 0) is 0 Å². The van der Waals surface area contributed by atoms with E-state index in [0.29, 0.717) is 5.95 Å². The smallest absolute Gasteiger partial charge is 0.222 e. The van der Waals surface area contributed by atoms with Crippen molar-refractivity contribution in [2.75, 3.05) is 23.7 Å². The van der Waals surface area contributed by atoms with Crippen molar-refractivity contribution in [2.24, 2.45) is 0 Å². The molecule has 96 valence electrons. The van der Waals surface area contributed by atoms with Crippen LogP contribution >= 0.6 is 0 Å². The molecule has 0 fully saturated rings. The summed E-state index contributed by atoms with van der Waals surface area (Å²) in [4.78, 5) is 11.0. The molecule has 0 radical (unpaired) electrons. The summed E-state index contributed by atoms with van der Waals surface area (Å²) < 4.78 is 0. The average molecular weight is 244 g/mol. The van der Waals surface area contributed by atoms with E-state index in [9.17, 15) is 0 Å². The monoisotopic (exact) mass is 244 g/mol. The van der Waals surface area contributed by atoms with Crippen LogP contribution in [0, 0.1) is 0 Å². The van der Waals surface area contributed by atoms with E-state index in [1.165, 1.54) is 0 Å². The molecule has 0 amide bonds. The molecule has 0 atom stereocenters. The van der Waals surface area contributed by atoms with E-state index in [1.807, 2.05) is 18.2 Å². The van der Waals surface area contributed by atoms with Gasteiger partial charge in [0, 0.05) is 18.5 Å². The summed E-state index contributed by atoms with van der Waals surface area (Å²) in [5.41, 5.74) is 6.72. The molecule has 0 saturated heterocycles. The van der Waals surface area contributed by atoms with E-state index >= 15 is 0 Å². The normalized spacial score (nSPS) is 10.8. The van der Waals surface area contributed by atoms with Crippen LogP contribution in [0.5, 0.6) is 0 Å². The van der Waals surface area contributed by atoms with Gasteiger partial charge in [-0.25, -0.2) is 4.98 Å². The molecule has 0 bridgehead atoms. The summed E-state index contributed by atoms with van der Waals surface area (Å²) in [5.74, 6) is 1.31. The van der Waals surface area contributed by atoms with Gasteiger partial charge < -0.3 is 10.6 Å². The number of nitrogen functional groups attached to an aromatic ring is 1. The van der Waals surface area contributed by atoms with Crippen LogP contribution < -0.4 is 10.6 Å². The largest absolute Gasteiger partial charge is 0.368 e. The van der Waals surface area contributed by atoms with E-state index < -0.39 is 0 Å². The van der Waals surface area contributed by atoms with E-state index in [4.69, 9.17) is 5.73 Å². The first kappa shape index (κ1) is 12.6. The Morgan fingerprint density at radius 2 is 1.72 bits per heavy atom. The van der Waals surface area contributed by atoms with Gasteiger partial charge in [0.05, 0.1) is 5.52 Å². The molecule has 4 heteroatoms. The van der Waals surface area contributed by atoms with Crippen LogP contribution in [-0.4, -0.2) is 23.1 Å². The summed E-state index contributed by atoms with van der Waals surface area (Å²) >= 11 is 0. The van der Waals surface area contributed by atoms with Gasteiger partial charge in [0.15, 0.2) is 0 Å². The van der Waals surface area contributed by atoms with Crippen molar-refractivity contribution in [2.45, 2.75) is 26.7 Å². The number of rotatable bonds is 5. The second-order valence-electron chi connectivity index (χ2n) is 4.41. The lowest BCUT2D eigenvalue weighted by molar-refractivity contribution is 0.737. The van der Waals surface area contributed by atoms with Gasteiger partial charge in [0.1, 0.15) is 5.82 Å². The molecular weight excluding hydrogens is 224 g/mol. The van der Waals surface area contributed by atoms with E-state index in [1.54, 1.807) is 0 Å². The third-order valence-electron chi connectivity index (χ3n) is 2.89. The summed E-state index contributed by atoms with van der Waals surface area (Å²) in [6.45, 7) is 6.34. The Labute approximate surface area is 108 Å². The molecule has 18 heavy (non-hydrogen) atoms. The molecule has 0 aliphatic rings. The molecule has 1 aromatic heterocycles. The fourth-order valence-corrected chi connectivity index (χ4v) is 2.18. The number of para-hydroxylation sites is 1. The number of nitrogens with two attached hydrogens (primary N) is 1. The summed E-state index contributed by atoms with van der Waals surface area (Å²) in [6, 6.07) is 8.03. The second kappa shape index (κ2) is 5.67. The van der Waals surface area contributed by atoms with Crippen molar-refractivity contribution in [3.8, 4) is 0 Å². The SMILES string of the molecule is CCCN(CCC)c1nc(N)nc2ccccc12. The zero-order chi connectivity index (χ0) is 13.0. The molecular formula is C14H20N4. The molecule has 2 rings (SSSR count). The maximum atomic E-state index is 5.81. The summed E-state index contributed by atoms with van der Waals surface area (Å²) in [5, 5.41) is 1.08. The van der Waals surface area contributed by atoms with Gasteiger partial charge in [0.25, 0.3) is 0 Å². The first-order valence-electron chi connectivity index (χ1n) is 6.53. The highest BCUT2D eigenvalue weighted by Crippen LogP contribution is 2.24. The predicted molar refractivity (Wildman–Crippen MR) is 76.7 cm³/mol. The lowest BCUT2D eigenvalue weighted by Gasteiger charge is -2.24. The molecule has 4 nitrogen and oxygen atoms in total. The second-order valence-corrected chi connectivity index (χ2v) is 4.41. The van der Waals surface area contributed by atoms with Crippen molar-refractivity contribution < 1.29 is 0 Å². The Kier molecular flexibility index (Phi) is 3.97. The minimum absolute atomic E-state index is 0.348. The Morgan fingerprint density at radius 1 is 1.06 bits per heavy atom. The van der Waals surface area contributed by atoms with Crippen molar-refractivity contribution >= 4 is 22.7 Å². The Bertz CT molecular complexity index is 518. The summed E-state index contributed by atoms with van der Waals surface area (Å²) in [6.07, 6.45) is 2.19. The highest BCUT2D eigenvalue weighted by Gasteiger charge is 2.12. The van der Waals surface area contributed by atoms with Crippen molar-refractivity contribution in [1.29, 1.82) is 0 Å². The highest BCUT2D eigenvalue weighted by molar-refractivity contribution is 5.90. The van der Waals surface area contributed by atoms with Crippen LogP contribution in [0.2, 0.25) is 0 Å². The Balaban J connectivity index is 2.52. The molecule has 0 saturated carbocycles. The number of hydrogen-bond acceptors (Lipinski definition) is 4. The molecule has 2 aromatic rings. The standard InChI is InChI=1S/C14H20N4/c1-3-9-18(10-4-2)13-11-7-5-6-8-12(11)16-14(15)17-13/h5-8H,3-4,9-10H2,1-2H3,(H2,15,16,17). The number of anilines is 2. The maximum absolute atomic E-state index is 5.81. The zero-order valence-electron chi connectivity index (χ0n) is 11.1. The van der Waals surface area contributed by atoms with Crippen molar-refractivity contribution in [1.82, 2.24) is 9.97 Å². The van der Waals surface area contributed by atoms with E-state index in [0.717, 1.165) is 42.7 Å². The van der Waals surface area contributed by atoms with Crippen LogP contribution in [0.4, 0.5) is 11.8 Å². The fraction of sp³-hybridized carbons (Fsp3) is 0.429. The van der Waals surface area contributed by atoms with Gasteiger partial charge in [-0.2, -0.15) is 4.98 Å². The zero-order valence-corrected chi connectivity index (χ0v) is 11.1. The van der Waals surface area contributed by atoms with Crippen molar-refractivity contribution in [3.63, 3.8) is 0 Å². The van der Waals surface area contributed by atoms with Crippen molar-refractivity contribution in [3.05, 3.63) is 24.3 Å². The average Bonchev–Trinajstić information content (AvgIpc) is 2.37. The fourth-order valence-electron chi connectivity index (χ4n) is 2.18. The molecule has 0 aliphatic carbocycles. The number of nitrogens with zero attached hydrogens (tertiary/aromatic N) is 3. The minimum Gasteiger partial charge on any atom is -0.368 e. The number of benzene rings is 1. The van der Waals surface area contributed by atoms with Crippen LogP contribution in [0.1, 0.15) is 26.7 Å². The highest BCUT2D eigenvalue weighted by atomic mass is 15.2. The van der Waals surface area contributed by atoms with Gasteiger partial charge in [-0.05, 0) is 25.0 Å². The van der Waals surface area contributed by atoms with Gasteiger partial charge in [0.2, 0.25) is 5.95 Å². The van der Waals surface area contributed by atoms with Gasteiger partial charge >= 0.3 is 0 Å². The quantitative estimate of drug-likeness (QED) is 0.878. The number of aromatic nitrogens is 2. The number of hydrogen-bond donors (Lipinski definition) is 1. The van der Waals surface area contributed by atoms with Gasteiger partial charge in [-0.3, -0.25) is 0 Å². The lowest BCUT2D eigenvalue weighted by atomic mass is 10.2. The molecule has 2 N–H and O–H groups in total. The Hall–Kier alpha value is -1.84. The molecule has 0 spiro atoms. The number of fused-ring (bicyclic) bond motifs is 1. The van der Waals surface area contributed by atoms with Gasteiger partial charge in [-0.15, -0.1) is 0 Å². The third-order valence-corrected chi connectivity index (χ3v) is 2.89. The van der Waals surface area contributed by atoms with Crippen LogP contribution in [0.25, 0.3) is 10.9 Å². The maximum Gasteiger partial charge on any atom is 0.222 e. The third kappa shape index (κ3) is 2.53. The van der Waals surface area contributed by atoms with Crippen LogP contribution in [0.3, 0.4) is 0 Å². The topological polar surface area (TPSA) is 55.0 Å². The predicted octanol–water partition coefficient (Wildman–Crippen LogP) is 2.84. The van der Waals surface area contributed by atoms with Crippen LogP contribution in [0.15, 0.2) is 24.3 Å². The Morgan fingerprint density at radius 3 is 2.39 bits per heavy atom. The molecule has 0 unspecified atom stereocenters. The summed E-state index contributed by atoms with van der Waals surface area (Å²) in [7, 11) is 0. The van der Waals surface area contributed by atoms with E-state index in [2.05, 4.69) is 34.8 Å². The van der Waals surface area contributed by atoms with Gasteiger partial charge in [-0.1, -0.05) is 26.0 Å². The molecule has 1 heterocycles. The molecule has 0 aliphatic heterocycles. The first-order valence-corrected chi connectivity index (χ1v) is 6.53. The lowest BCUT2D eigenvalue weighted by Crippen LogP contribution is -2.26. The molecule has 1 aromatic carbocycles.